The second-order valence-corrected chi connectivity index (χ2v) is 5.58. The molecule has 0 saturated heterocycles. The number of nitrogens with two attached hydrogens (primary N) is 1. The Morgan fingerprint density at radius 2 is 1.59 bits per heavy atom. The standard InChI is InChI=1S/C18H13N3S/c19-21-17(20-16-8-4-3-7-15(16)18(21)22)14-10-9-12-5-1-2-6-13(12)11-14/h1-11H,19H2. The molecule has 0 aliphatic rings. The summed E-state index contributed by atoms with van der Waals surface area (Å²) in [7, 11) is 0. The highest BCUT2D eigenvalue weighted by Crippen LogP contribution is 2.25. The minimum atomic E-state index is 0.591. The summed E-state index contributed by atoms with van der Waals surface area (Å²) in [6, 6.07) is 22.2. The van der Waals surface area contributed by atoms with Gasteiger partial charge in [0, 0.05) is 10.9 Å². The highest BCUT2D eigenvalue weighted by atomic mass is 32.1. The van der Waals surface area contributed by atoms with Crippen LogP contribution in [0.5, 0.6) is 0 Å². The molecular weight excluding hydrogens is 290 g/mol. The molecule has 22 heavy (non-hydrogen) atoms. The third-order valence-corrected chi connectivity index (χ3v) is 4.23. The van der Waals surface area contributed by atoms with Gasteiger partial charge < -0.3 is 5.84 Å². The molecule has 1 heterocycles. The van der Waals surface area contributed by atoms with Crippen molar-refractivity contribution in [1.82, 2.24) is 9.66 Å². The molecule has 0 aliphatic carbocycles. The molecule has 0 fully saturated rings. The molecule has 4 rings (SSSR count). The van der Waals surface area contributed by atoms with E-state index in [-0.39, 0.29) is 0 Å². The van der Waals surface area contributed by atoms with E-state index >= 15 is 0 Å². The summed E-state index contributed by atoms with van der Waals surface area (Å²) >= 11 is 5.48. The van der Waals surface area contributed by atoms with E-state index in [0.717, 1.165) is 21.9 Å². The fourth-order valence-corrected chi connectivity index (χ4v) is 2.94. The number of para-hydroxylation sites is 1. The zero-order valence-electron chi connectivity index (χ0n) is 11.7. The molecular formula is C18H13N3S. The SMILES string of the molecule is Nn1c(-c2ccc3ccccc3c2)nc2ccccc2c1=S. The molecule has 0 unspecified atom stereocenters. The Hall–Kier alpha value is -2.72. The molecule has 1 aromatic heterocycles. The van der Waals surface area contributed by atoms with E-state index in [1.165, 1.54) is 10.1 Å². The first-order valence-electron chi connectivity index (χ1n) is 7.00. The van der Waals surface area contributed by atoms with Gasteiger partial charge in [0.2, 0.25) is 0 Å². The Bertz CT molecular complexity index is 1070. The van der Waals surface area contributed by atoms with Gasteiger partial charge in [-0.15, -0.1) is 0 Å². The zero-order valence-corrected chi connectivity index (χ0v) is 12.5. The topological polar surface area (TPSA) is 43.8 Å². The average molecular weight is 303 g/mol. The Morgan fingerprint density at radius 1 is 0.864 bits per heavy atom. The van der Waals surface area contributed by atoms with Crippen molar-refractivity contribution < 1.29 is 0 Å². The fraction of sp³-hybridized carbons (Fsp3) is 0. The first-order valence-corrected chi connectivity index (χ1v) is 7.41. The molecule has 106 valence electrons. The maximum atomic E-state index is 6.17. The Balaban J connectivity index is 2.03. The minimum absolute atomic E-state index is 0.591. The van der Waals surface area contributed by atoms with Gasteiger partial charge in [-0.3, -0.25) is 0 Å². The van der Waals surface area contributed by atoms with Crippen LogP contribution in [0.1, 0.15) is 0 Å². The molecule has 2 N–H and O–H groups in total. The number of aromatic nitrogens is 2. The zero-order chi connectivity index (χ0) is 15.1. The minimum Gasteiger partial charge on any atom is -0.336 e. The van der Waals surface area contributed by atoms with Crippen molar-refractivity contribution in [2.75, 3.05) is 5.84 Å². The van der Waals surface area contributed by atoms with E-state index < -0.39 is 0 Å². The van der Waals surface area contributed by atoms with Gasteiger partial charge in [-0.2, -0.15) is 0 Å². The Morgan fingerprint density at radius 3 is 2.45 bits per heavy atom. The van der Waals surface area contributed by atoms with Gasteiger partial charge in [0.25, 0.3) is 0 Å². The summed E-state index contributed by atoms with van der Waals surface area (Å²) in [5, 5.41) is 3.24. The predicted octanol–water partition coefficient (Wildman–Crippen LogP) is 4.30. The van der Waals surface area contributed by atoms with E-state index in [2.05, 4.69) is 29.2 Å². The largest absolute Gasteiger partial charge is 0.336 e. The van der Waals surface area contributed by atoms with Crippen molar-refractivity contribution in [3.8, 4) is 11.4 Å². The highest BCUT2D eigenvalue weighted by molar-refractivity contribution is 7.71. The number of fused-ring (bicyclic) bond motifs is 2. The van der Waals surface area contributed by atoms with Crippen molar-refractivity contribution in [2.24, 2.45) is 0 Å². The van der Waals surface area contributed by atoms with Crippen LogP contribution in [0.3, 0.4) is 0 Å². The van der Waals surface area contributed by atoms with E-state index in [1.54, 1.807) is 0 Å². The number of hydrogen-bond acceptors (Lipinski definition) is 3. The lowest BCUT2D eigenvalue weighted by Gasteiger charge is -2.11. The second-order valence-electron chi connectivity index (χ2n) is 5.19. The number of nitrogens with zero attached hydrogens (tertiary/aromatic N) is 2. The fourth-order valence-electron chi connectivity index (χ4n) is 2.68. The van der Waals surface area contributed by atoms with Gasteiger partial charge >= 0.3 is 0 Å². The van der Waals surface area contributed by atoms with Crippen LogP contribution in [0.25, 0.3) is 33.1 Å². The molecule has 0 aliphatic heterocycles. The molecule has 0 atom stereocenters. The van der Waals surface area contributed by atoms with Gasteiger partial charge in [-0.25, -0.2) is 9.66 Å². The summed E-state index contributed by atoms with van der Waals surface area (Å²) in [5.74, 6) is 6.85. The maximum Gasteiger partial charge on any atom is 0.160 e. The van der Waals surface area contributed by atoms with Crippen LogP contribution < -0.4 is 5.84 Å². The van der Waals surface area contributed by atoms with Crippen LogP contribution in [-0.4, -0.2) is 9.66 Å². The average Bonchev–Trinajstić information content (AvgIpc) is 2.58. The van der Waals surface area contributed by atoms with Crippen molar-refractivity contribution >= 4 is 33.9 Å². The summed E-state index contributed by atoms with van der Waals surface area (Å²) < 4.78 is 2.08. The second kappa shape index (κ2) is 4.93. The van der Waals surface area contributed by atoms with Crippen molar-refractivity contribution in [1.29, 1.82) is 0 Å². The monoisotopic (exact) mass is 303 g/mol. The molecule has 0 radical (unpaired) electrons. The lowest BCUT2D eigenvalue weighted by atomic mass is 10.1. The lowest BCUT2D eigenvalue weighted by Crippen LogP contribution is -2.15. The maximum absolute atomic E-state index is 6.17. The van der Waals surface area contributed by atoms with Crippen LogP contribution in [0.15, 0.2) is 66.7 Å². The highest BCUT2D eigenvalue weighted by Gasteiger charge is 2.09. The number of benzene rings is 3. The summed E-state index contributed by atoms with van der Waals surface area (Å²) in [6.45, 7) is 0. The summed E-state index contributed by atoms with van der Waals surface area (Å²) in [4.78, 5) is 4.68. The van der Waals surface area contributed by atoms with Crippen LogP contribution in [0.2, 0.25) is 0 Å². The molecule has 3 aromatic carbocycles. The molecule has 3 nitrogen and oxygen atoms in total. The number of hydrogen-bond donors (Lipinski definition) is 1. The van der Waals surface area contributed by atoms with E-state index in [0.29, 0.717) is 10.5 Å². The van der Waals surface area contributed by atoms with Crippen molar-refractivity contribution in [2.45, 2.75) is 0 Å². The van der Waals surface area contributed by atoms with Crippen LogP contribution in [-0.2, 0) is 0 Å². The van der Waals surface area contributed by atoms with Crippen molar-refractivity contribution in [3.05, 3.63) is 71.4 Å². The number of nitrogen functional groups attached to an aromatic ring is 1. The molecule has 0 amide bonds. The molecule has 0 saturated carbocycles. The quantitative estimate of drug-likeness (QED) is 0.421. The normalized spacial score (nSPS) is 11.1. The third-order valence-electron chi connectivity index (χ3n) is 3.82. The van der Waals surface area contributed by atoms with Crippen LogP contribution in [0, 0.1) is 4.64 Å². The van der Waals surface area contributed by atoms with E-state index in [9.17, 15) is 0 Å². The van der Waals surface area contributed by atoms with Gasteiger partial charge in [0.05, 0.1) is 5.52 Å². The van der Waals surface area contributed by atoms with Gasteiger partial charge in [0.15, 0.2) is 5.82 Å². The predicted molar refractivity (Wildman–Crippen MR) is 93.7 cm³/mol. The molecule has 4 heteroatoms. The molecule has 0 spiro atoms. The molecule has 0 bridgehead atoms. The summed E-state index contributed by atoms with van der Waals surface area (Å²) in [6.07, 6.45) is 0. The number of rotatable bonds is 1. The van der Waals surface area contributed by atoms with Gasteiger partial charge in [-0.05, 0) is 29.0 Å². The third kappa shape index (κ3) is 1.96. The van der Waals surface area contributed by atoms with E-state index in [4.69, 9.17) is 18.1 Å². The Kier molecular flexibility index (Phi) is 2.91. The molecule has 4 aromatic rings. The first-order chi connectivity index (χ1) is 10.7. The van der Waals surface area contributed by atoms with Gasteiger partial charge in [-0.1, -0.05) is 60.7 Å². The van der Waals surface area contributed by atoms with E-state index in [1.807, 2.05) is 42.5 Å². The van der Waals surface area contributed by atoms with Crippen molar-refractivity contribution in [3.63, 3.8) is 0 Å². The smallest absolute Gasteiger partial charge is 0.160 e. The first kappa shape index (κ1) is 13.0. The Labute approximate surface area is 132 Å². The van der Waals surface area contributed by atoms with Crippen LogP contribution in [0.4, 0.5) is 0 Å². The van der Waals surface area contributed by atoms with Gasteiger partial charge in [0.1, 0.15) is 4.64 Å². The summed E-state index contributed by atoms with van der Waals surface area (Å²) in [5.41, 5.74) is 1.82. The van der Waals surface area contributed by atoms with Crippen LogP contribution >= 0.6 is 12.2 Å². The lowest BCUT2D eigenvalue weighted by molar-refractivity contribution is 0.955.